The van der Waals surface area contributed by atoms with E-state index < -0.39 is 0 Å². The van der Waals surface area contributed by atoms with Crippen LogP contribution in [0.4, 0.5) is 10.2 Å². The van der Waals surface area contributed by atoms with Crippen molar-refractivity contribution >= 4 is 29.4 Å². The lowest BCUT2D eigenvalue weighted by molar-refractivity contribution is -0.122. The molecule has 2 heterocycles. The van der Waals surface area contributed by atoms with Crippen LogP contribution in [0.1, 0.15) is 35.3 Å². The Kier molecular flexibility index (Phi) is 7.60. The van der Waals surface area contributed by atoms with Crippen molar-refractivity contribution in [3.05, 3.63) is 101 Å². The van der Waals surface area contributed by atoms with E-state index in [0.717, 1.165) is 34.4 Å². The zero-order valence-electron chi connectivity index (χ0n) is 21.4. The number of hydrogen-bond donors (Lipinski definition) is 1. The molecule has 0 aliphatic carbocycles. The minimum atomic E-state index is -0.365. The van der Waals surface area contributed by atoms with Crippen molar-refractivity contribution in [2.24, 2.45) is 0 Å². The topological polar surface area (TPSA) is 67.2 Å². The maximum Gasteiger partial charge on any atom is 0.240 e. The molecular weight excluding hydrogens is 499 g/mol. The van der Waals surface area contributed by atoms with E-state index in [0.29, 0.717) is 18.1 Å². The molecule has 0 saturated carbocycles. The van der Waals surface area contributed by atoms with Crippen LogP contribution in [0.3, 0.4) is 0 Å². The number of benzene rings is 3. The Balaban J connectivity index is 1.79. The van der Waals surface area contributed by atoms with Gasteiger partial charge in [0.2, 0.25) is 11.8 Å². The maximum atomic E-state index is 13.9. The van der Waals surface area contributed by atoms with Gasteiger partial charge in [0.25, 0.3) is 0 Å². The zero-order chi connectivity index (χ0) is 26.6. The molecule has 6 nitrogen and oxygen atoms in total. The molecule has 38 heavy (non-hydrogen) atoms. The molecule has 2 amide bonds. The third-order valence-electron chi connectivity index (χ3n) is 6.55. The van der Waals surface area contributed by atoms with E-state index >= 15 is 0 Å². The molecule has 1 N–H and O–H groups in total. The second-order valence-electron chi connectivity index (χ2n) is 9.22. The standard InChI is InChI=1S/C30H29FN4O2S/c1-3-17-32-25(36)18-34-26(37)19-38-29(24-12-8-7-9-20(24)2)27-28(21-10-5-4-6-11-21)33-35(30(27)34)23-15-13-22(31)14-16-23/h4-16,29H,3,17-19H2,1-2H3,(H,32,36)/t29-/m1/s1. The Morgan fingerprint density at radius 3 is 2.47 bits per heavy atom. The minimum absolute atomic E-state index is 0.131. The van der Waals surface area contributed by atoms with Gasteiger partial charge in [0.1, 0.15) is 18.2 Å². The average molecular weight is 529 g/mol. The van der Waals surface area contributed by atoms with Gasteiger partial charge in [-0.1, -0.05) is 61.5 Å². The van der Waals surface area contributed by atoms with Gasteiger partial charge < -0.3 is 5.32 Å². The number of amides is 2. The molecule has 0 saturated heterocycles. The average Bonchev–Trinajstić information content (AvgIpc) is 3.26. The van der Waals surface area contributed by atoms with E-state index in [9.17, 15) is 14.0 Å². The van der Waals surface area contributed by atoms with Crippen LogP contribution < -0.4 is 10.2 Å². The van der Waals surface area contributed by atoms with Crippen molar-refractivity contribution in [1.82, 2.24) is 15.1 Å². The number of hydrogen-bond acceptors (Lipinski definition) is 4. The Labute approximate surface area is 225 Å². The molecule has 0 bridgehead atoms. The van der Waals surface area contributed by atoms with Crippen LogP contribution in [-0.4, -0.2) is 40.4 Å². The summed E-state index contributed by atoms with van der Waals surface area (Å²) in [5, 5.41) is 7.70. The summed E-state index contributed by atoms with van der Waals surface area (Å²) >= 11 is 1.53. The van der Waals surface area contributed by atoms with Gasteiger partial charge in [-0.2, -0.15) is 5.10 Å². The van der Waals surface area contributed by atoms with Gasteiger partial charge >= 0.3 is 0 Å². The molecule has 1 atom stereocenters. The molecule has 8 heteroatoms. The van der Waals surface area contributed by atoms with E-state index in [1.165, 1.54) is 28.8 Å². The maximum absolute atomic E-state index is 13.9. The molecule has 1 aliphatic heterocycles. The Bertz CT molecular complexity index is 1450. The summed E-state index contributed by atoms with van der Waals surface area (Å²) in [5.74, 6) is -0.0480. The van der Waals surface area contributed by atoms with Gasteiger partial charge in [-0.15, -0.1) is 11.8 Å². The molecule has 0 unspecified atom stereocenters. The number of thioether (sulfide) groups is 1. The van der Waals surface area contributed by atoms with Crippen LogP contribution in [0.2, 0.25) is 0 Å². The summed E-state index contributed by atoms with van der Waals surface area (Å²) in [4.78, 5) is 28.1. The molecule has 4 aromatic rings. The van der Waals surface area contributed by atoms with E-state index in [2.05, 4.69) is 24.4 Å². The van der Waals surface area contributed by atoms with Crippen molar-refractivity contribution in [2.45, 2.75) is 25.5 Å². The van der Waals surface area contributed by atoms with E-state index in [-0.39, 0.29) is 35.2 Å². The lowest BCUT2D eigenvalue weighted by atomic mass is 9.97. The number of aromatic nitrogens is 2. The summed E-state index contributed by atoms with van der Waals surface area (Å²) in [7, 11) is 0. The van der Waals surface area contributed by atoms with E-state index in [1.807, 2.05) is 49.4 Å². The molecule has 3 aromatic carbocycles. The smallest absolute Gasteiger partial charge is 0.240 e. The van der Waals surface area contributed by atoms with Crippen LogP contribution >= 0.6 is 11.8 Å². The first-order valence-corrected chi connectivity index (χ1v) is 13.7. The minimum Gasteiger partial charge on any atom is -0.355 e. The summed E-state index contributed by atoms with van der Waals surface area (Å²) < 4.78 is 15.6. The second kappa shape index (κ2) is 11.2. The first-order valence-electron chi connectivity index (χ1n) is 12.7. The molecule has 194 valence electrons. The molecule has 5 rings (SSSR count). The molecule has 1 aliphatic rings. The highest BCUT2D eigenvalue weighted by atomic mass is 32.2. The summed E-state index contributed by atoms with van der Waals surface area (Å²) in [5.41, 5.74) is 5.26. The van der Waals surface area contributed by atoms with Crippen molar-refractivity contribution in [3.8, 4) is 16.9 Å². The normalized spacial score (nSPS) is 15.2. The predicted octanol–water partition coefficient (Wildman–Crippen LogP) is 5.68. The van der Waals surface area contributed by atoms with Crippen LogP contribution in [0.25, 0.3) is 16.9 Å². The molecular formula is C30H29FN4O2S. The van der Waals surface area contributed by atoms with E-state index in [1.54, 1.807) is 16.8 Å². The fourth-order valence-electron chi connectivity index (χ4n) is 4.68. The predicted molar refractivity (Wildman–Crippen MR) is 150 cm³/mol. The van der Waals surface area contributed by atoms with Gasteiger partial charge in [-0.05, 0) is 48.7 Å². The van der Waals surface area contributed by atoms with Gasteiger partial charge in [0, 0.05) is 17.7 Å². The van der Waals surface area contributed by atoms with Crippen molar-refractivity contribution in [3.63, 3.8) is 0 Å². The van der Waals surface area contributed by atoms with Crippen molar-refractivity contribution in [2.75, 3.05) is 23.7 Å². The van der Waals surface area contributed by atoms with Crippen LogP contribution in [0, 0.1) is 12.7 Å². The fraction of sp³-hybridized carbons (Fsp3) is 0.233. The summed E-state index contributed by atoms with van der Waals surface area (Å²) in [6, 6.07) is 24.0. The van der Waals surface area contributed by atoms with Crippen molar-refractivity contribution < 1.29 is 14.0 Å². The Morgan fingerprint density at radius 2 is 1.76 bits per heavy atom. The third kappa shape index (κ3) is 5.09. The van der Waals surface area contributed by atoms with Crippen LogP contribution in [-0.2, 0) is 9.59 Å². The molecule has 0 radical (unpaired) electrons. The largest absolute Gasteiger partial charge is 0.355 e. The molecule has 0 fully saturated rings. The van der Waals surface area contributed by atoms with Gasteiger partial charge in [0.05, 0.1) is 22.4 Å². The number of nitrogens with zero attached hydrogens (tertiary/aromatic N) is 3. The SMILES string of the molecule is CCCNC(=O)CN1C(=O)CS[C@H](c2ccccc2C)c2c(-c3ccccc3)nn(-c3ccc(F)cc3)c21. The number of rotatable bonds is 7. The highest BCUT2D eigenvalue weighted by Gasteiger charge is 2.38. The number of anilines is 1. The van der Waals surface area contributed by atoms with E-state index in [4.69, 9.17) is 5.10 Å². The zero-order valence-corrected chi connectivity index (χ0v) is 22.2. The number of fused-ring (bicyclic) bond motifs is 1. The van der Waals surface area contributed by atoms with Crippen LogP contribution in [0.15, 0.2) is 78.9 Å². The second-order valence-corrected chi connectivity index (χ2v) is 10.3. The molecule has 1 aromatic heterocycles. The van der Waals surface area contributed by atoms with Crippen LogP contribution in [0.5, 0.6) is 0 Å². The number of carbonyl (C=O) groups is 2. The monoisotopic (exact) mass is 528 g/mol. The van der Waals surface area contributed by atoms with Gasteiger partial charge in [-0.25, -0.2) is 9.07 Å². The first-order chi connectivity index (χ1) is 18.5. The Hall–Kier alpha value is -3.91. The van der Waals surface area contributed by atoms with Crippen molar-refractivity contribution in [1.29, 1.82) is 0 Å². The first kappa shape index (κ1) is 25.7. The lowest BCUT2D eigenvalue weighted by Gasteiger charge is -2.23. The van der Waals surface area contributed by atoms with Gasteiger partial charge in [-0.3, -0.25) is 14.5 Å². The highest BCUT2D eigenvalue weighted by Crippen LogP contribution is 2.49. The molecule has 0 spiro atoms. The third-order valence-corrected chi connectivity index (χ3v) is 7.79. The number of aryl methyl sites for hydroxylation is 1. The summed E-state index contributed by atoms with van der Waals surface area (Å²) in [6.07, 6.45) is 0.793. The van der Waals surface area contributed by atoms with Gasteiger partial charge in [0.15, 0.2) is 0 Å². The highest BCUT2D eigenvalue weighted by molar-refractivity contribution is 8.00. The fourth-order valence-corrected chi connectivity index (χ4v) is 5.97. The number of carbonyl (C=O) groups excluding carboxylic acids is 2. The number of nitrogens with one attached hydrogen (secondary N) is 1. The Morgan fingerprint density at radius 1 is 1.05 bits per heavy atom. The lowest BCUT2D eigenvalue weighted by Crippen LogP contribution is -2.42. The quantitative estimate of drug-likeness (QED) is 0.335. The number of halogens is 1. The summed E-state index contributed by atoms with van der Waals surface area (Å²) in [6.45, 7) is 4.44.